The van der Waals surface area contributed by atoms with E-state index in [0.29, 0.717) is 10.9 Å². The molecule has 0 amide bonds. The molecule has 0 aliphatic carbocycles. The maximum atomic E-state index is 11.6. The Balaban J connectivity index is 2.59. The van der Waals surface area contributed by atoms with E-state index in [4.69, 9.17) is 5.84 Å². The fourth-order valence-corrected chi connectivity index (χ4v) is 0.722. The summed E-state index contributed by atoms with van der Waals surface area (Å²) in [5.74, 6) is 5.13. The minimum Gasteiger partial charge on any atom is -0.223 e. The minimum absolute atomic E-state index is 0.373. The van der Waals surface area contributed by atoms with Gasteiger partial charge in [-0.3, -0.25) is 0 Å². The number of rotatable bonds is 3. The van der Waals surface area contributed by atoms with E-state index in [1.54, 1.807) is 30.3 Å². The van der Waals surface area contributed by atoms with E-state index in [9.17, 15) is 8.78 Å². The highest BCUT2D eigenvalue weighted by molar-refractivity contribution is 5.41. The molecule has 1 aromatic carbocycles. The smallest absolute Gasteiger partial charge is 0.223 e. The van der Waals surface area contributed by atoms with E-state index in [1.807, 2.05) is 0 Å². The summed E-state index contributed by atoms with van der Waals surface area (Å²) in [6.07, 6.45) is 0. The maximum absolute atomic E-state index is 11.6. The van der Waals surface area contributed by atoms with E-state index in [-0.39, 0.29) is 0 Å². The van der Waals surface area contributed by atoms with Gasteiger partial charge in [0.2, 0.25) is 0 Å². The molecule has 0 bridgehead atoms. The topological polar surface area (TPSA) is 38.5 Å². The van der Waals surface area contributed by atoms with Gasteiger partial charge in [-0.05, 0) is 12.1 Å². The first kappa shape index (κ1) is 8.89. The quantitative estimate of drug-likeness (QED) is 0.557. The van der Waals surface area contributed by atoms with Crippen molar-refractivity contribution >= 4 is 5.69 Å². The first-order valence-corrected chi connectivity index (χ1v) is 3.25. The van der Waals surface area contributed by atoms with Gasteiger partial charge in [-0.25, -0.2) is 5.84 Å². The summed E-state index contributed by atoms with van der Waals surface area (Å²) >= 11 is 0. The van der Waals surface area contributed by atoms with Crippen molar-refractivity contribution < 1.29 is 13.6 Å². The Kier molecular flexibility index (Phi) is 2.95. The molecule has 0 aliphatic heterocycles. The lowest BCUT2D eigenvalue weighted by Gasteiger charge is -2.16. The van der Waals surface area contributed by atoms with Crippen LogP contribution in [0.1, 0.15) is 0 Å². The molecule has 1 rings (SSSR count). The first-order valence-electron chi connectivity index (χ1n) is 3.25. The van der Waals surface area contributed by atoms with Gasteiger partial charge < -0.3 is 0 Å². The monoisotopic (exact) mass is 174 g/mol. The Morgan fingerprint density at radius 1 is 1.25 bits per heavy atom. The van der Waals surface area contributed by atoms with Crippen LogP contribution in [0.2, 0.25) is 0 Å². The second-order valence-corrected chi connectivity index (χ2v) is 2.03. The molecule has 0 aromatic heterocycles. The zero-order valence-electron chi connectivity index (χ0n) is 6.15. The highest BCUT2D eigenvalue weighted by Gasteiger charge is 2.08. The van der Waals surface area contributed by atoms with Gasteiger partial charge in [-0.1, -0.05) is 18.2 Å². The summed E-state index contributed by atoms with van der Waals surface area (Å²) in [7, 11) is 0. The molecule has 0 heterocycles. The van der Waals surface area contributed by atoms with Gasteiger partial charge in [0.05, 0.1) is 5.69 Å². The fourth-order valence-electron chi connectivity index (χ4n) is 0.722. The largest absolute Gasteiger partial charge is 0.366 e. The number of hydrazine groups is 1. The van der Waals surface area contributed by atoms with Crippen molar-refractivity contribution in [1.82, 2.24) is 0 Å². The molecule has 0 radical (unpaired) electrons. The number of hydrogen-bond acceptors (Lipinski definition) is 3. The highest BCUT2D eigenvalue weighted by atomic mass is 19.3. The number of benzene rings is 1. The van der Waals surface area contributed by atoms with Crippen LogP contribution in [-0.2, 0) is 4.84 Å². The standard InChI is InChI=1S/C7H8F2N2O/c8-7(9)12-11(10)6-4-2-1-3-5-6/h1-5,7H,10H2. The van der Waals surface area contributed by atoms with Gasteiger partial charge >= 0.3 is 6.61 Å². The molecule has 66 valence electrons. The molecule has 5 heteroatoms. The molecular formula is C7H8F2N2O. The fraction of sp³-hybridized carbons (Fsp3) is 0.143. The molecular weight excluding hydrogens is 166 g/mol. The molecule has 0 saturated heterocycles. The van der Waals surface area contributed by atoms with Crippen LogP contribution >= 0.6 is 0 Å². The minimum atomic E-state index is -2.91. The van der Waals surface area contributed by atoms with E-state index >= 15 is 0 Å². The zero-order valence-corrected chi connectivity index (χ0v) is 6.15. The van der Waals surface area contributed by atoms with Gasteiger partial charge in [0.15, 0.2) is 0 Å². The predicted molar refractivity (Wildman–Crippen MR) is 40.2 cm³/mol. The van der Waals surface area contributed by atoms with Gasteiger partial charge in [0, 0.05) is 0 Å². The van der Waals surface area contributed by atoms with Crippen molar-refractivity contribution in [3.63, 3.8) is 0 Å². The van der Waals surface area contributed by atoms with Crippen molar-refractivity contribution in [3.05, 3.63) is 30.3 Å². The molecule has 1 aromatic rings. The highest BCUT2D eigenvalue weighted by Crippen LogP contribution is 2.11. The number of alkyl halides is 2. The molecule has 12 heavy (non-hydrogen) atoms. The normalized spacial score (nSPS) is 10.3. The van der Waals surface area contributed by atoms with Gasteiger partial charge in [0.25, 0.3) is 0 Å². The zero-order chi connectivity index (χ0) is 8.97. The Labute approximate surface area is 68.3 Å². The first-order chi connectivity index (χ1) is 5.70. The molecule has 0 atom stereocenters. The summed E-state index contributed by atoms with van der Waals surface area (Å²) in [6.45, 7) is -2.91. The molecule has 0 aliphatic rings. The lowest BCUT2D eigenvalue weighted by atomic mass is 10.3. The number of anilines is 1. The molecule has 3 nitrogen and oxygen atoms in total. The summed E-state index contributed by atoms with van der Waals surface area (Å²) in [4.78, 5) is 3.91. The van der Waals surface area contributed by atoms with E-state index in [0.717, 1.165) is 0 Å². The number of nitrogens with two attached hydrogens (primary N) is 1. The Morgan fingerprint density at radius 2 is 1.83 bits per heavy atom. The molecule has 0 fully saturated rings. The molecule has 2 N–H and O–H groups in total. The van der Waals surface area contributed by atoms with Crippen LogP contribution in [0.15, 0.2) is 30.3 Å². The average Bonchev–Trinajstić information content (AvgIpc) is 2.05. The van der Waals surface area contributed by atoms with Crippen molar-refractivity contribution in [2.75, 3.05) is 5.17 Å². The Hall–Kier alpha value is -1.20. The maximum Gasteiger partial charge on any atom is 0.366 e. The van der Waals surface area contributed by atoms with Gasteiger partial charge in [-0.2, -0.15) is 18.8 Å². The molecule has 0 spiro atoms. The summed E-state index contributed by atoms with van der Waals surface area (Å²) in [5, 5.41) is 0.532. The Morgan fingerprint density at radius 3 is 2.33 bits per heavy atom. The third kappa shape index (κ3) is 2.44. The average molecular weight is 174 g/mol. The van der Waals surface area contributed by atoms with Gasteiger partial charge in [-0.15, -0.1) is 0 Å². The van der Waals surface area contributed by atoms with Crippen molar-refractivity contribution in [3.8, 4) is 0 Å². The number of nitrogens with zero attached hydrogens (tertiary/aromatic N) is 1. The van der Waals surface area contributed by atoms with Crippen molar-refractivity contribution in [2.45, 2.75) is 6.61 Å². The van der Waals surface area contributed by atoms with E-state index < -0.39 is 6.61 Å². The Bertz CT molecular complexity index is 230. The van der Waals surface area contributed by atoms with E-state index in [1.165, 1.54) is 0 Å². The third-order valence-corrected chi connectivity index (χ3v) is 1.20. The number of hydrogen-bond donors (Lipinski definition) is 1. The molecule has 0 saturated carbocycles. The van der Waals surface area contributed by atoms with Gasteiger partial charge in [0.1, 0.15) is 0 Å². The van der Waals surface area contributed by atoms with Crippen molar-refractivity contribution in [2.24, 2.45) is 5.84 Å². The second kappa shape index (κ2) is 3.99. The summed E-state index contributed by atoms with van der Waals surface area (Å²) in [6, 6.07) is 8.21. The lowest BCUT2D eigenvalue weighted by Crippen LogP contribution is -2.32. The van der Waals surface area contributed by atoms with Crippen LogP contribution in [0, 0.1) is 0 Å². The third-order valence-electron chi connectivity index (χ3n) is 1.20. The van der Waals surface area contributed by atoms with Crippen LogP contribution < -0.4 is 11.0 Å². The SMILES string of the molecule is NN(OC(F)F)c1ccccc1. The van der Waals surface area contributed by atoms with Crippen molar-refractivity contribution in [1.29, 1.82) is 0 Å². The van der Waals surface area contributed by atoms with Crippen LogP contribution in [-0.4, -0.2) is 6.61 Å². The second-order valence-electron chi connectivity index (χ2n) is 2.03. The molecule has 0 unspecified atom stereocenters. The summed E-state index contributed by atoms with van der Waals surface area (Å²) < 4.78 is 23.3. The number of para-hydroxylation sites is 1. The number of halogens is 2. The van der Waals surface area contributed by atoms with Crippen LogP contribution in [0.25, 0.3) is 0 Å². The van der Waals surface area contributed by atoms with Crippen LogP contribution in [0.3, 0.4) is 0 Å². The van der Waals surface area contributed by atoms with Crippen LogP contribution in [0.4, 0.5) is 14.5 Å². The predicted octanol–water partition coefficient (Wildman–Crippen LogP) is 1.52. The lowest BCUT2D eigenvalue weighted by molar-refractivity contribution is -0.139. The van der Waals surface area contributed by atoms with Crippen LogP contribution in [0.5, 0.6) is 0 Å². The van der Waals surface area contributed by atoms with E-state index in [2.05, 4.69) is 4.84 Å². The summed E-state index contributed by atoms with van der Waals surface area (Å²) in [5.41, 5.74) is 0.373.